The second kappa shape index (κ2) is 5.96. The minimum Gasteiger partial charge on any atom is -0.394 e. The molecule has 1 N–H and O–H groups in total. The van der Waals surface area contributed by atoms with Crippen LogP contribution in [0.25, 0.3) is 0 Å². The van der Waals surface area contributed by atoms with Crippen LogP contribution in [0.15, 0.2) is 28.7 Å². The molecule has 1 unspecified atom stereocenters. The number of benzene rings is 1. The normalized spacial score (nSPS) is 20.4. The first-order valence-electron chi connectivity index (χ1n) is 5.99. The summed E-state index contributed by atoms with van der Waals surface area (Å²) in [5, 5.41) is 9.62. The van der Waals surface area contributed by atoms with Crippen molar-refractivity contribution in [2.24, 2.45) is 0 Å². The van der Waals surface area contributed by atoms with E-state index < -0.39 is 0 Å². The summed E-state index contributed by atoms with van der Waals surface area (Å²) in [6.07, 6.45) is 0. The van der Waals surface area contributed by atoms with Crippen LogP contribution in [0.2, 0.25) is 0 Å². The number of rotatable bonds is 3. The van der Waals surface area contributed by atoms with Gasteiger partial charge in [-0.2, -0.15) is 0 Å². The number of hydrogen-bond acceptors (Lipinski definition) is 3. The van der Waals surface area contributed by atoms with E-state index in [1.165, 1.54) is 5.56 Å². The molecular weight excluding hydrogens is 280 g/mol. The summed E-state index contributed by atoms with van der Waals surface area (Å²) < 4.78 is 1.07. The number of aliphatic hydroxyl groups excluding tert-OH is 1. The van der Waals surface area contributed by atoms with Crippen molar-refractivity contribution in [3.05, 3.63) is 34.3 Å². The van der Waals surface area contributed by atoms with Crippen molar-refractivity contribution in [1.82, 2.24) is 9.80 Å². The van der Waals surface area contributed by atoms with Crippen LogP contribution < -0.4 is 0 Å². The Balaban J connectivity index is 2.10. The summed E-state index contributed by atoms with van der Waals surface area (Å²) in [7, 11) is 2.14. The molecule has 1 aromatic rings. The van der Waals surface area contributed by atoms with Gasteiger partial charge in [-0.1, -0.05) is 28.1 Å². The third kappa shape index (κ3) is 3.28. The molecule has 1 aliphatic heterocycles. The molecule has 2 rings (SSSR count). The first kappa shape index (κ1) is 13.0. The summed E-state index contributed by atoms with van der Waals surface area (Å²) in [4.78, 5) is 4.69. The molecule has 0 saturated carbocycles. The monoisotopic (exact) mass is 298 g/mol. The molecule has 0 aliphatic carbocycles. The van der Waals surface area contributed by atoms with Crippen LogP contribution in [0.1, 0.15) is 11.6 Å². The second-order valence-electron chi connectivity index (χ2n) is 4.59. The van der Waals surface area contributed by atoms with Gasteiger partial charge in [0.15, 0.2) is 0 Å². The average molecular weight is 299 g/mol. The zero-order valence-corrected chi connectivity index (χ0v) is 11.7. The van der Waals surface area contributed by atoms with Crippen LogP contribution >= 0.6 is 15.9 Å². The average Bonchev–Trinajstić information content (AvgIpc) is 2.33. The molecule has 0 aromatic heterocycles. The van der Waals surface area contributed by atoms with Gasteiger partial charge in [0.25, 0.3) is 0 Å². The number of piperazine rings is 1. The van der Waals surface area contributed by atoms with E-state index in [0.717, 1.165) is 30.7 Å². The summed E-state index contributed by atoms with van der Waals surface area (Å²) in [5.74, 6) is 0. The summed E-state index contributed by atoms with van der Waals surface area (Å²) >= 11 is 3.48. The van der Waals surface area contributed by atoms with Crippen LogP contribution in [0.5, 0.6) is 0 Å². The maximum atomic E-state index is 9.62. The van der Waals surface area contributed by atoms with Gasteiger partial charge in [-0.15, -0.1) is 0 Å². The van der Waals surface area contributed by atoms with E-state index in [1.54, 1.807) is 0 Å². The first-order valence-corrected chi connectivity index (χ1v) is 6.79. The number of likely N-dealkylation sites (N-methyl/N-ethyl adjacent to an activating group) is 1. The van der Waals surface area contributed by atoms with Gasteiger partial charge < -0.3 is 10.0 Å². The third-order valence-electron chi connectivity index (χ3n) is 3.39. The fourth-order valence-corrected chi connectivity index (χ4v) is 2.70. The van der Waals surface area contributed by atoms with E-state index in [4.69, 9.17) is 0 Å². The lowest BCUT2D eigenvalue weighted by Crippen LogP contribution is -2.46. The fourth-order valence-electron chi connectivity index (χ4n) is 2.28. The van der Waals surface area contributed by atoms with Gasteiger partial charge in [0.1, 0.15) is 0 Å². The number of halogens is 1. The Morgan fingerprint density at radius 1 is 1.29 bits per heavy atom. The number of aliphatic hydroxyl groups is 1. The Labute approximate surface area is 111 Å². The van der Waals surface area contributed by atoms with Gasteiger partial charge in [-0.3, -0.25) is 4.90 Å². The fraction of sp³-hybridized carbons (Fsp3) is 0.538. The first-order chi connectivity index (χ1) is 8.20. The number of hydrogen-bond donors (Lipinski definition) is 1. The van der Waals surface area contributed by atoms with E-state index in [9.17, 15) is 5.11 Å². The van der Waals surface area contributed by atoms with Crippen molar-refractivity contribution in [1.29, 1.82) is 0 Å². The van der Waals surface area contributed by atoms with E-state index in [-0.39, 0.29) is 12.6 Å². The molecule has 1 aliphatic rings. The van der Waals surface area contributed by atoms with E-state index in [2.05, 4.69) is 44.9 Å². The molecule has 4 heteroatoms. The predicted molar refractivity (Wildman–Crippen MR) is 73.0 cm³/mol. The van der Waals surface area contributed by atoms with Gasteiger partial charge in [-0.25, -0.2) is 0 Å². The maximum Gasteiger partial charge on any atom is 0.0628 e. The smallest absolute Gasteiger partial charge is 0.0628 e. The molecule has 1 atom stereocenters. The Morgan fingerprint density at radius 3 is 2.59 bits per heavy atom. The largest absolute Gasteiger partial charge is 0.394 e. The molecule has 1 aromatic carbocycles. The predicted octanol–water partition coefficient (Wildman–Crippen LogP) is 1.73. The Morgan fingerprint density at radius 2 is 2.00 bits per heavy atom. The lowest BCUT2D eigenvalue weighted by molar-refractivity contribution is 0.0748. The van der Waals surface area contributed by atoms with Crippen molar-refractivity contribution in [2.75, 3.05) is 39.8 Å². The quantitative estimate of drug-likeness (QED) is 0.921. The minimum atomic E-state index is 0.126. The highest BCUT2D eigenvalue weighted by atomic mass is 79.9. The second-order valence-corrected chi connectivity index (χ2v) is 5.51. The van der Waals surface area contributed by atoms with Crippen LogP contribution in [0.4, 0.5) is 0 Å². The molecule has 0 amide bonds. The zero-order valence-electron chi connectivity index (χ0n) is 10.1. The molecule has 3 nitrogen and oxygen atoms in total. The molecule has 1 heterocycles. The topological polar surface area (TPSA) is 26.7 Å². The maximum absolute atomic E-state index is 9.62. The van der Waals surface area contributed by atoms with Gasteiger partial charge >= 0.3 is 0 Å². The molecule has 0 spiro atoms. The highest BCUT2D eigenvalue weighted by Gasteiger charge is 2.23. The third-order valence-corrected chi connectivity index (χ3v) is 3.88. The Kier molecular flexibility index (Phi) is 4.56. The summed E-state index contributed by atoms with van der Waals surface area (Å²) in [6, 6.07) is 8.35. The van der Waals surface area contributed by atoms with Crippen molar-refractivity contribution in [2.45, 2.75) is 6.04 Å². The summed E-state index contributed by atoms with van der Waals surface area (Å²) in [6.45, 7) is 4.37. The van der Waals surface area contributed by atoms with Crippen LogP contribution in [-0.4, -0.2) is 54.7 Å². The SMILES string of the molecule is CN1CCN(C(CO)c2cccc(Br)c2)CC1. The van der Waals surface area contributed by atoms with Gasteiger partial charge in [-0.05, 0) is 24.7 Å². The lowest BCUT2D eigenvalue weighted by Gasteiger charge is -2.37. The lowest BCUT2D eigenvalue weighted by atomic mass is 10.1. The molecular formula is C13H19BrN2O. The van der Waals surface area contributed by atoms with E-state index in [1.807, 2.05) is 12.1 Å². The molecule has 94 valence electrons. The van der Waals surface area contributed by atoms with Crippen molar-refractivity contribution >= 4 is 15.9 Å². The Bertz CT molecular complexity index is 364. The van der Waals surface area contributed by atoms with E-state index >= 15 is 0 Å². The van der Waals surface area contributed by atoms with Crippen LogP contribution in [0.3, 0.4) is 0 Å². The Hall–Kier alpha value is -0.420. The standard InChI is InChI=1S/C13H19BrN2O/c1-15-5-7-16(8-6-15)13(10-17)11-3-2-4-12(14)9-11/h2-4,9,13,17H,5-8,10H2,1H3. The molecule has 0 bridgehead atoms. The van der Waals surface area contributed by atoms with Gasteiger partial charge in [0.2, 0.25) is 0 Å². The molecule has 1 saturated heterocycles. The van der Waals surface area contributed by atoms with Crippen molar-refractivity contribution in [3.63, 3.8) is 0 Å². The van der Waals surface area contributed by atoms with Crippen LogP contribution in [-0.2, 0) is 0 Å². The molecule has 1 fully saturated rings. The van der Waals surface area contributed by atoms with Crippen molar-refractivity contribution in [3.8, 4) is 0 Å². The number of nitrogens with zero attached hydrogens (tertiary/aromatic N) is 2. The van der Waals surface area contributed by atoms with Crippen molar-refractivity contribution < 1.29 is 5.11 Å². The van der Waals surface area contributed by atoms with Gasteiger partial charge in [0, 0.05) is 30.7 Å². The highest BCUT2D eigenvalue weighted by Crippen LogP contribution is 2.24. The van der Waals surface area contributed by atoms with Gasteiger partial charge in [0.05, 0.1) is 12.6 Å². The minimum absolute atomic E-state index is 0.126. The molecule has 0 radical (unpaired) electrons. The van der Waals surface area contributed by atoms with Crippen LogP contribution in [0, 0.1) is 0 Å². The zero-order chi connectivity index (χ0) is 12.3. The summed E-state index contributed by atoms with van der Waals surface area (Å²) in [5.41, 5.74) is 1.19. The molecule has 17 heavy (non-hydrogen) atoms. The van der Waals surface area contributed by atoms with E-state index in [0.29, 0.717) is 0 Å². The highest BCUT2D eigenvalue weighted by molar-refractivity contribution is 9.10.